The Kier molecular flexibility index (Phi) is 8.84. The van der Waals surface area contributed by atoms with Crippen molar-refractivity contribution in [2.75, 3.05) is 5.32 Å². The number of hydrogen-bond donors (Lipinski definition) is 1. The summed E-state index contributed by atoms with van der Waals surface area (Å²) in [6.07, 6.45) is 10.7. The predicted molar refractivity (Wildman–Crippen MR) is 92.0 cm³/mol. The molecule has 1 rings (SSSR count). The number of hydrogen-bond acceptors (Lipinski definition) is 1. The van der Waals surface area contributed by atoms with Crippen LogP contribution >= 0.6 is 11.6 Å². The Balaban J connectivity index is 2.14. The molecule has 1 aromatic carbocycles. The molecule has 0 saturated heterocycles. The van der Waals surface area contributed by atoms with E-state index in [4.69, 9.17) is 11.6 Å². The van der Waals surface area contributed by atoms with Crippen LogP contribution < -0.4 is 5.32 Å². The van der Waals surface area contributed by atoms with Crippen molar-refractivity contribution < 1.29 is 4.79 Å². The van der Waals surface area contributed by atoms with E-state index in [2.05, 4.69) is 11.9 Å². The van der Waals surface area contributed by atoms with E-state index in [-0.39, 0.29) is 5.91 Å². The lowest BCUT2D eigenvalue weighted by molar-refractivity contribution is -0.116. The Morgan fingerprint density at radius 3 is 2.57 bits per heavy atom. The lowest BCUT2D eigenvalue weighted by atomic mass is 10.1. The van der Waals surface area contributed by atoms with Crippen molar-refractivity contribution in [2.24, 2.45) is 0 Å². The quantitative estimate of drug-likeness (QED) is 0.423. The second-order valence-electron chi connectivity index (χ2n) is 5.46. The van der Waals surface area contributed by atoms with Crippen LogP contribution in [-0.4, -0.2) is 5.91 Å². The van der Waals surface area contributed by atoms with Gasteiger partial charge in [0.05, 0.1) is 0 Å². The summed E-state index contributed by atoms with van der Waals surface area (Å²) in [5.74, 6) is 0.0759. The summed E-state index contributed by atoms with van der Waals surface area (Å²) in [5.41, 5.74) is 1.85. The number of anilines is 1. The number of benzene rings is 1. The summed E-state index contributed by atoms with van der Waals surface area (Å²) >= 11 is 5.94. The minimum Gasteiger partial charge on any atom is -0.326 e. The van der Waals surface area contributed by atoms with Crippen LogP contribution in [0.1, 0.15) is 56.9 Å². The number of halogens is 1. The first-order chi connectivity index (χ1) is 10.1. The molecule has 0 bridgehead atoms. The summed E-state index contributed by atoms with van der Waals surface area (Å²) in [4.78, 5) is 11.9. The largest absolute Gasteiger partial charge is 0.326 e. The van der Waals surface area contributed by atoms with Gasteiger partial charge in [0.1, 0.15) is 0 Å². The van der Waals surface area contributed by atoms with E-state index in [0.717, 1.165) is 30.5 Å². The molecule has 0 spiro atoms. The SMILES string of the molecule is C=CCCCCCCCCC(=O)Nc1cc(Cl)ccc1C. The molecule has 0 unspecified atom stereocenters. The maximum Gasteiger partial charge on any atom is 0.224 e. The molecule has 0 aliphatic heterocycles. The number of amides is 1. The fourth-order valence-electron chi connectivity index (χ4n) is 2.22. The van der Waals surface area contributed by atoms with Gasteiger partial charge in [-0.25, -0.2) is 0 Å². The number of carbonyl (C=O) groups excluding carboxylic acids is 1. The van der Waals surface area contributed by atoms with Crippen molar-refractivity contribution in [1.29, 1.82) is 0 Å². The van der Waals surface area contributed by atoms with Crippen LogP contribution in [0.5, 0.6) is 0 Å². The van der Waals surface area contributed by atoms with Crippen LogP contribution in [-0.2, 0) is 4.79 Å². The smallest absolute Gasteiger partial charge is 0.224 e. The van der Waals surface area contributed by atoms with E-state index >= 15 is 0 Å². The zero-order valence-corrected chi connectivity index (χ0v) is 13.7. The van der Waals surface area contributed by atoms with Gasteiger partial charge in [0.2, 0.25) is 5.91 Å². The van der Waals surface area contributed by atoms with Crippen molar-refractivity contribution >= 4 is 23.2 Å². The van der Waals surface area contributed by atoms with Crippen molar-refractivity contribution in [2.45, 2.75) is 58.3 Å². The molecule has 0 saturated carbocycles. The molecule has 21 heavy (non-hydrogen) atoms. The summed E-state index contributed by atoms with van der Waals surface area (Å²) < 4.78 is 0. The van der Waals surface area contributed by atoms with E-state index in [1.54, 1.807) is 6.07 Å². The molecule has 0 aromatic heterocycles. The van der Waals surface area contributed by atoms with Crippen molar-refractivity contribution in [3.63, 3.8) is 0 Å². The van der Waals surface area contributed by atoms with E-state index in [9.17, 15) is 4.79 Å². The average molecular weight is 308 g/mol. The van der Waals surface area contributed by atoms with Gasteiger partial charge >= 0.3 is 0 Å². The molecule has 3 heteroatoms. The van der Waals surface area contributed by atoms with E-state index < -0.39 is 0 Å². The van der Waals surface area contributed by atoms with Crippen molar-refractivity contribution in [3.8, 4) is 0 Å². The lowest BCUT2D eigenvalue weighted by Gasteiger charge is -2.08. The highest BCUT2D eigenvalue weighted by atomic mass is 35.5. The molecule has 2 nitrogen and oxygen atoms in total. The zero-order chi connectivity index (χ0) is 15.5. The number of aryl methyl sites for hydroxylation is 1. The third-order valence-corrected chi connectivity index (χ3v) is 3.77. The Morgan fingerprint density at radius 1 is 1.19 bits per heavy atom. The molecule has 0 heterocycles. The van der Waals surface area contributed by atoms with Gasteiger partial charge in [-0.15, -0.1) is 6.58 Å². The van der Waals surface area contributed by atoms with Gasteiger partial charge in [-0.05, 0) is 43.9 Å². The number of allylic oxidation sites excluding steroid dienone is 1. The molecule has 1 amide bonds. The normalized spacial score (nSPS) is 10.4. The van der Waals surface area contributed by atoms with Gasteiger partial charge in [0.15, 0.2) is 0 Å². The predicted octanol–water partition coefficient (Wildman–Crippen LogP) is 5.89. The number of carbonyl (C=O) groups is 1. The van der Waals surface area contributed by atoms with Gasteiger partial charge in [-0.3, -0.25) is 4.79 Å². The summed E-state index contributed by atoms with van der Waals surface area (Å²) in [6.45, 7) is 5.69. The topological polar surface area (TPSA) is 29.1 Å². The summed E-state index contributed by atoms with van der Waals surface area (Å²) in [5, 5.41) is 3.58. The Morgan fingerprint density at radius 2 is 1.86 bits per heavy atom. The van der Waals surface area contributed by atoms with Crippen molar-refractivity contribution in [3.05, 3.63) is 41.4 Å². The molecule has 1 aromatic rings. The number of nitrogens with one attached hydrogen (secondary N) is 1. The van der Waals surface area contributed by atoms with Gasteiger partial charge < -0.3 is 5.32 Å². The third kappa shape index (κ3) is 7.91. The van der Waals surface area contributed by atoms with Gasteiger partial charge in [0, 0.05) is 17.1 Å². The minimum atomic E-state index is 0.0759. The average Bonchev–Trinajstić information content (AvgIpc) is 2.46. The second kappa shape index (κ2) is 10.4. The maximum absolute atomic E-state index is 11.9. The first-order valence-electron chi connectivity index (χ1n) is 7.80. The van der Waals surface area contributed by atoms with Crippen LogP contribution in [0.3, 0.4) is 0 Å². The first-order valence-corrected chi connectivity index (χ1v) is 8.18. The maximum atomic E-state index is 11.9. The molecule has 0 radical (unpaired) electrons. The molecule has 0 fully saturated rings. The Hall–Kier alpha value is -1.28. The number of rotatable bonds is 10. The highest BCUT2D eigenvalue weighted by Gasteiger charge is 2.05. The van der Waals surface area contributed by atoms with Crippen LogP contribution in [0.25, 0.3) is 0 Å². The van der Waals surface area contributed by atoms with Gasteiger partial charge in [0.25, 0.3) is 0 Å². The molecule has 0 aliphatic rings. The highest BCUT2D eigenvalue weighted by molar-refractivity contribution is 6.31. The number of unbranched alkanes of at least 4 members (excludes halogenated alkanes) is 6. The minimum absolute atomic E-state index is 0.0759. The molecule has 0 atom stereocenters. The monoisotopic (exact) mass is 307 g/mol. The molecular weight excluding hydrogens is 282 g/mol. The first kappa shape index (κ1) is 17.8. The van der Waals surface area contributed by atoms with Crippen molar-refractivity contribution in [1.82, 2.24) is 0 Å². The van der Waals surface area contributed by atoms with Gasteiger partial charge in [-0.1, -0.05) is 49.4 Å². The lowest BCUT2D eigenvalue weighted by Crippen LogP contribution is -2.12. The van der Waals surface area contributed by atoms with Crippen LogP contribution in [0.2, 0.25) is 5.02 Å². The highest BCUT2D eigenvalue weighted by Crippen LogP contribution is 2.20. The Bertz CT molecular complexity index is 457. The van der Waals surface area contributed by atoms with Gasteiger partial charge in [-0.2, -0.15) is 0 Å². The van der Waals surface area contributed by atoms with Crippen LogP contribution in [0, 0.1) is 6.92 Å². The zero-order valence-electron chi connectivity index (χ0n) is 13.0. The van der Waals surface area contributed by atoms with E-state index in [0.29, 0.717) is 11.4 Å². The summed E-state index contributed by atoms with van der Waals surface area (Å²) in [7, 11) is 0. The molecular formula is C18H26ClNO. The van der Waals surface area contributed by atoms with E-state index in [1.165, 1.54) is 25.7 Å². The molecule has 116 valence electrons. The molecule has 1 N–H and O–H groups in total. The summed E-state index contributed by atoms with van der Waals surface area (Å²) in [6, 6.07) is 5.55. The van der Waals surface area contributed by atoms with Crippen LogP contribution in [0.15, 0.2) is 30.9 Å². The Labute approximate surface area is 133 Å². The third-order valence-electron chi connectivity index (χ3n) is 3.54. The van der Waals surface area contributed by atoms with Crippen LogP contribution in [0.4, 0.5) is 5.69 Å². The van der Waals surface area contributed by atoms with E-state index in [1.807, 2.05) is 25.1 Å². The standard InChI is InChI=1S/C18H26ClNO/c1-3-4-5-6-7-8-9-10-11-18(21)20-17-14-16(19)13-12-15(17)2/h3,12-14H,1,4-11H2,2H3,(H,20,21). The molecule has 0 aliphatic carbocycles. The fraction of sp³-hybridized carbons (Fsp3) is 0.500. The second-order valence-corrected chi connectivity index (χ2v) is 5.89. The fourth-order valence-corrected chi connectivity index (χ4v) is 2.40.